The molecule has 0 unspecified atom stereocenters. The molecule has 0 bridgehead atoms. The molecular weight excluding hydrogens is 459 g/mol. The summed E-state index contributed by atoms with van der Waals surface area (Å²) in [5.41, 5.74) is -0.873. The molecule has 3 N–H and O–H groups in total. The maximum Gasteiger partial charge on any atom is 0.416 e. The lowest BCUT2D eigenvalue weighted by Crippen LogP contribution is -2.52. The predicted molar refractivity (Wildman–Crippen MR) is 126 cm³/mol. The summed E-state index contributed by atoms with van der Waals surface area (Å²) in [6, 6.07) is 6.19. The van der Waals surface area contributed by atoms with E-state index in [1.165, 1.54) is 25.3 Å². The van der Waals surface area contributed by atoms with E-state index >= 15 is 0 Å². The van der Waals surface area contributed by atoms with E-state index in [9.17, 15) is 28.2 Å². The molecule has 1 aromatic carbocycles. The van der Waals surface area contributed by atoms with E-state index in [1.807, 2.05) is 26.8 Å². The lowest BCUT2D eigenvalue weighted by Gasteiger charge is -2.25. The number of alkyl halides is 3. The van der Waals surface area contributed by atoms with Crippen LogP contribution >= 0.6 is 0 Å². The molecule has 2 aromatic rings. The topological polar surface area (TPSA) is 106 Å². The maximum absolute atomic E-state index is 14.0. The highest BCUT2D eigenvalue weighted by molar-refractivity contribution is 5.78. The molecule has 35 heavy (non-hydrogen) atoms. The van der Waals surface area contributed by atoms with Gasteiger partial charge in [-0.25, -0.2) is 0 Å². The van der Waals surface area contributed by atoms with Gasteiger partial charge in [-0.1, -0.05) is 39.0 Å². The van der Waals surface area contributed by atoms with Crippen molar-refractivity contribution in [1.29, 1.82) is 5.26 Å². The Morgan fingerprint density at radius 2 is 1.80 bits per heavy atom. The number of nitrogens with one attached hydrogen (secondary N) is 1. The third-order valence-electron chi connectivity index (χ3n) is 5.50. The van der Waals surface area contributed by atoms with Crippen LogP contribution in [-0.2, 0) is 30.4 Å². The summed E-state index contributed by atoms with van der Waals surface area (Å²) >= 11 is 0. The number of aromatic nitrogens is 1. The number of pyridine rings is 1. The van der Waals surface area contributed by atoms with E-state index in [2.05, 4.69) is 10.3 Å². The van der Waals surface area contributed by atoms with Crippen molar-refractivity contribution < 1.29 is 28.2 Å². The zero-order valence-electron chi connectivity index (χ0n) is 20.2. The molecule has 0 aliphatic heterocycles. The first-order chi connectivity index (χ1) is 16.2. The van der Waals surface area contributed by atoms with Crippen molar-refractivity contribution in [2.24, 2.45) is 5.41 Å². The van der Waals surface area contributed by atoms with E-state index < -0.39 is 29.9 Å². The lowest BCUT2D eigenvalue weighted by atomic mass is 9.90. The normalized spacial score (nSPS) is 14.0. The number of nitrogens with zero attached hydrogens (tertiary/aromatic N) is 2. The highest BCUT2D eigenvalue weighted by Crippen LogP contribution is 2.35. The minimum atomic E-state index is -4.62. The van der Waals surface area contributed by atoms with Crippen molar-refractivity contribution in [3.63, 3.8) is 0 Å². The molecule has 0 aliphatic carbocycles. The molecule has 6 nitrogen and oxygen atoms in total. The van der Waals surface area contributed by atoms with Gasteiger partial charge in [-0.05, 0) is 59.6 Å². The summed E-state index contributed by atoms with van der Waals surface area (Å²) in [5, 5.41) is 30.7. The molecule has 0 spiro atoms. The van der Waals surface area contributed by atoms with Crippen LogP contribution < -0.4 is 5.32 Å². The number of halogens is 3. The molecule has 0 fully saturated rings. The standard InChI is InChI=1S/C26H30F3N3O3/c1-24(2,3)8-7-20-10-19(6-5-17-9-18(12-30)14-31-13-17)21(11-22(20)26(27,28)29)15-32-25(4,16-33)23(34)35/h7-11,13-14,32-33H,5-6,15-16H2,1-4H3,(H,34,35)/b8-7+/t25-/m1/s1. The van der Waals surface area contributed by atoms with E-state index in [-0.39, 0.29) is 23.1 Å². The predicted octanol–water partition coefficient (Wildman–Crippen LogP) is 4.74. The van der Waals surface area contributed by atoms with Crippen LogP contribution in [-0.4, -0.2) is 33.3 Å². The Bertz CT molecular complexity index is 1130. The van der Waals surface area contributed by atoms with Crippen LogP contribution in [0.15, 0.2) is 36.7 Å². The van der Waals surface area contributed by atoms with Gasteiger partial charge in [-0.3, -0.25) is 15.1 Å². The Morgan fingerprint density at radius 3 is 2.34 bits per heavy atom. The SMILES string of the molecule is CC(C)(C)/C=C/c1cc(CCc2cncc(C#N)c2)c(CN[C@](C)(CO)C(=O)O)cc1C(F)(F)F. The van der Waals surface area contributed by atoms with Crippen LogP contribution in [0, 0.1) is 16.7 Å². The summed E-state index contributed by atoms with van der Waals surface area (Å²) in [5.74, 6) is -1.32. The third-order valence-corrected chi connectivity index (χ3v) is 5.50. The first-order valence-corrected chi connectivity index (χ1v) is 11.0. The van der Waals surface area contributed by atoms with E-state index in [4.69, 9.17) is 5.26 Å². The van der Waals surface area contributed by atoms with Gasteiger partial charge in [0.05, 0.1) is 17.7 Å². The lowest BCUT2D eigenvalue weighted by molar-refractivity contribution is -0.146. The number of hydrogen-bond acceptors (Lipinski definition) is 5. The van der Waals surface area contributed by atoms with Gasteiger partial charge in [-0.2, -0.15) is 18.4 Å². The first kappa shape index (κ1) is 28.0. The Balaban J connectivity index is 2.55. The molecule has 1 heterocycles. The number of benzene rings is 1. The number of nitriles is 1. The molecule has 1 atom stereocenters. The number of carboxylic acid groups (broad SMARTS) is 1. The molecule has 2 rings (SSSR count). The van der Waals surface area contributed by atoms with Crippen LogP contribution in [0.4, 0.5) is 13.2 Å². The molecule has 0 saturated heterocycles. The Kier molecular flexibility index (Phi) is 8.82. The highest BCUT2D eigenvalue weighted by atomic mass is 19.4. The van der Waals surface area contributed by atoms with Crippen molar-refractivity contribution in [2.45, 2.75) is 58.8 Å². The largest absolute Gasteiger partial charge is 0.480 e. The molecule has 0 amide bonds. The summed E-state index contributed by atoms with van der Waals surface area (Å²) < 4.78 is 41.9. The first-order valence-electron chi connectivity index (χ1n) is 11.0. The van der Waals surface area contributed by atoms with Crippen LogP contribution in [0.25, 0.3) is 6.08 Å². The summed E-state index contributed by atoms with van der Waals surface area (Å²) in [6.45, 7) is 5.98. The number of aliphatic hydroxyl groups is 1. The number of aryl methyl sites for hydroxylation is 2. The minimum absolute atomic E-state index is 0.0123. The van der Waals surface area contributed by atoms with Crippen molar-refractivity contribution in [2.75, 3.05) is 6.61 Å². The fraction of sp³-hybridized carbons (Fsp3) is 0.423. The molecule has 0 saturated carbocycles. The Hall–Kier alpha value is -3.22. The van der Waals surface area contributed by atoms with E-state index in [1.54, 1.807) is 18.3 Å². The van der Waals surface area contributed by atoms with Crippen molar-refractivity contribution in [1.82, 2.24) is 10.3 Å². The molecule has 188 valence electrons. The van der Waals surface area contributed by atoms with Crippen LogP contribution in [0.2, 0.25) is 0 Å². The molecule has 9 heteroatoms. The van der Waals surface area contributed by atoms with Gasteiger partial charge in [0.15, 0.2) is 0 Å². The smallest absolute Gasteiger partial charge is 0.416 e. The number of allylic oxidation sites excluding steroid dienone is 1. The maximum atomic E-state index is 14.0. The second-order valence-electron chi connectivity index (χ2n) is 9.75. The van der Waals surface area contributed by atoms with Crippen LogP contribution in [0.1, 0.15) is 61.1 Å². The second kappa shape index (κ2) is 11.0. The van der Waals surface area contributed by atoms with Gasteiger partial charge in [0.2, 0.25) is 0 Å². The molecule has 1 aromatic heterocycles. The van der Waals surface area contributed by atoms with Crippen molar-refractivity contribution >= 4 is 12.0 Å². The highest BCUT2D eigenvalue weighted by Gasteiger charge is 2.35. The quantitative estimate of drug-likeness (QED) is 0.470. The van der Waals surface area contributed by atoms with E-state index in [0.717, 1.165) is 11.6 Å². The number of carbonyl (C=O) groups is 1. The second-order valence-corrected chi connectivity index (χ2v) is 9.75. The monoisotopic (exact) mass is 489 g/mol. The summed E-state index contributed by atoms with van der Waals surface area (Å²) in [4.78, 5) is 15.6. The number of carboxylic acids is 1. The Morgan fingerprint density at radius 1 is 1.11 bits per heavy atom. The van der Waals surface area contributed by atoms with Gasteiger partial charge in [0, 0.05) is 18.9 Å². The average Bonchev–Trinajstić information content (AvgIpc) is 2.78. The minimum Gasteiger partial charge on any atom is -0.480 e. The fourth-order valence-corrected chi connectivity index (χ4v) is 3.28. The van der Waals surface area contributed by atoms with Gasteiger partial charge >= 0.3 is 12.1 Å². The van der Waals surface area contributed by atoms with Crippen LogP contribution in [0.3, 0.4) is 0 Å². The number of aliphatic hydroxyl groups excluding tert-OH is 1. The molecule has 0 aliphatic rings. The number of rotatable bonds is 9. The zero-order chi connectivity index (χ0) is 26.4. The van der Waals surface area contributed by atoms with Gasteiger partial charge in [0.1, 0.15) is 11.6 Å². The number of aliphatic carboxylic acids is 1. The average molecular weight is 490 g/mol. The summed E-state index contributed by atoms with van der Waals surface area (Å²) in [6.07, 6.45) is 2.31. The van der Waals surface area contributed by atoms with Crippen LogP contribution in [0.5, 0.6) is 0 Å². The Labute approximate surface area is 203 Å². The zero-order valence-corrected chi connectivity index (χ0v) is 20.2. The number of hydrogen-bond donors (Lipinski definition) is 3. The van der Waals surface area contributed by atoms with E-state index in [0.29, 0.717) is 24.0 Å². The summed E-state index contributed by atoms with van der Waals surface area (Å²) in [7, 11) is 0. The van der Waals surface area contributed by atoms with Crippen molar-refractivity contribution in [3.8, 4) is 6.07 Å². The molecular formula is C26H30F3N3O3. The van der Waals surface area contributed by atoms with Gasteiger partial charge in [0.25, 0.3) is 0 Å². The van der Waals surface area contributed by atoms with Gasteiger partial charge < -0.3 is 10.2 Å². The third kappa shape index (κ3) is 7.91. The van der Waals surface area contributed by atoms with Gasteiger partial charge in [-0.15, -0.1) is 0 Å². The van der Waals surface area contributed by atoms with Crippen molar-refractivity contribution in [3.05, 3.63) is 70.0 Å². The molecule has 0 radical (unpaired) electrons. The fourth-order valence-electron chi connectivity index (χ4n) is 3.28.